The third-order valence-corrected chi connectivity index (χ3v) is 6.45. The number of carbonyl (C=O) groups excluding carboxylic acids is 1. The Hall–Kier alpha value is -2.48. The van der Waals surface area contributed by atoms with Crippen molar-refractivity contribution in [3.8, 4) is 0 Å². The Balaban J connectivity index is 1.25. The molecule has 8 heteroatoms. The highest BCUT2D eigenvalue weighted by Crippen LogP contribution is 2.39. The van der Waals surface area contributed by atoms with Crippen molar-refractivity contribution in [2.75, 3.05) is 44.3 Å². The molecule has 8 nitrogen and oxygen atoms in total. The number of hydrogen-bond donors (Lipinski definition) is 0. The van der Waals surface area contributed by atoms with Crippen LogP contribution in [0.4, 0.5) is 5.82 Å². The molecule has 0 spiro atoms. The smallest absolute Gasteiger partial charge is 0.272 e. The number of carbonyl (C=O) groups is 1. The van der Waals surface area contributed by atoms with Crippen LogP contribution >= 0.6 is 0 Å². The van der Waals surface area contributed by atoms with E-state index in [2.05, 4.69) is 16.1 Å². The van der Waals surface area contributed by atoms with Crippen LogP contribution in [0.3, 0.4) is 0 Å². The lowest BCUT2D eigenvalue weighted by molar-refractivity contribution is 0.0700. The third kappa shape index (κ3) is 3.93. The van der Waals surface area contributed by atoms with Crippen molar-refractivity contribution < 1.29 is 9.53 Å². The quantitative estimate of drug-likeness (QED) is 0.770. The molecule has 4 heterocycles. The van der Waals surface area contributed by atoms with Gasteiger partial charge in [0.1, 0.15) is 17.3 Å². The molecule has 0 aromatic carbocycles. The van der Waals surface area contributed by atoms with Gasteiger partial charge in [-0.15, -0.1) is 0 Å². The minimum Gasteiger partial charge on any atom is -0.378 e. The highest BCUT2D eigenvalue weighted by atomic mass is 16.5. The lowest BCUT2D eigenvalue weighted by atomic mass is 9.95. The molecule has 1 saturated carbocycles. The van der Waals surface area contributed by atoms with Gasteiger partial charge in [-0.1, -0.05) is 0 Å². The van der Waals surface area contributed by atoms with Gasteiger partial charge >= 0.3 is 0 Å². The second kappa shape index (κ2) is 7.98. The normalized spacial score (nSPS) is 20.6. The molecule has 160 valence electrons. The summed E-state index contributed by atoms with van der Waals surface area (Å²) in [6.07, 6.45) is 4.17. The molecule has 1 aliphatic carbocycles. The Kier molecular flexibility index (Phi) is 5.18. The molecule has 0 atom stereocenters. The van der Waals surface area contributed by atoms with E-state index in [1.165, 1.54) is 12.8 Å². The minimum atomic E-state index is 0.0921. The van der Waals surface area contributed by atoms with Crippen LogP contribution < -0.4 is 4.90 Å². The molecule has 0 radical (unpaired) electrons. The van der Waals surface area contributed by atoms with Gasteiger partial charge in [0.25, 0.3) is 5.91 Å². The summed E-state index contributed by atoms with van der Waals surface area (Å²) < 4.78 is 7.22. The summed E-state index contributed by atoms with van der Waals surface area (Å²) in [5.41, 5.74) is 2.78. The monoisotopic (exact) mass is 410 g/mol. The fraction of sp³-hybridized carbons (Fsp3) is 0.636. The number of rotatable bonds is 4. The number of anilines is 1. The van der Waals surface area contributed by atoms with Crippen molar-refractivity contribution in [2.45, 2.75) is 44.4 Å². The maximum Gasteiger partial charge on any atom is 0.272 e. The van der Waals surface area contributed by atoms with Crippen LogP contribution in [0.15, 0.2) is 12.1 Å². The third-order valence-electron chi connectivity index (χ3n) is 6.45. The van der Waals surface area contributed by atoms with Gasteiger partial charge in [-0.2, -0.15) is 5.10 Å². The maximum absolute atomic E-state index is 13.1. The Labute approximate surface area is 177 Å². The summed E-state index contributed by atoms with van der Waals surface area (Å²) in [6.45, 7) is 6.74. The summed E-state index contributed by atoms with van der Waals surface area (Å²) in [5, 5.41) is 4.55. The van der Waals surface area contributed by atoms with Crippen molar-refractivity contribution in [3.05, 3.63) is 35.0 Å². The topological polar surface area (TPSA) is 76.4 Å². The van der Waals surface area contributed by atoms with Gasteiger partial charge in [-0.25, -0.2) is 9.97 Å². The second-order valence-corrected chi connectivity index (χ2v) is 8.74. The molecule has 0 bridgehead atoms. The molecule has 30 heavy (non-hydrogen) atoms. The number of piperidine rings is 1. The van der Waals surface area contributed by atoms with E-state index in [9.17, 15) is 4.79 Å². The Morgan fingerprint density at radius 2 is 1.73 bits per heavy atom. The molecule has 3 fully saturated rings. The highest BCUT2D eigenvalue weighted by molar-refractivity contribution is 5.92. The average Bonchev–Trinajstić information content (AvgIpc) is 3.55. The van der Waals surface area contributed by atoms with Crippen molar-refractivity contribution >= 4 is 11.7 Å². The summed E-state index contributed by atoms with van der Waals surface area (Å²) >= 11 is 0. The summed E-state index contributed by atoms with van der Waals surface area (Å²) in [6, 6.07) is 4.05. The van der Waals surface area contributed by atoms with Gasteiger partial charge in [0.05, 0.1) is 18.9 Å². The van der Waals surface area contributed by atoms with Gasteiger partial charge in [-0.05, 0) is 38.7 Å². The number of morpholine rings is 1. The Bertz CT molecular complexity index is 924. The Morgan fingerprint density at radius 1 is 1.00 bits per heavy atom. The number of likely N-dealkylation sites (tertiary alicyclic amines) is 1. The average molecular weight is 411 g/mol. The first-order valence-electron chi connectivity index (χ1n) is 11.1. The molecule has 2 aliphatic heterocycles. The fourth-order valence-corrected chi connectivity index (χ4v) is 4.48. The van der Waals surface area contributed by atoms with Gasteiger partial charge < -0.3 is 14.5 Å². The summed E-state index contributed by atoms with van der Waals surface area (Å²) in [5.74, 6) is 2.86. The molecule has 0 N–H and O–H groups in total. The van der Waals surface area contributed by atoms with E-state index in [0.717, 1.165) is 75.3 Å². The standard InChI is InChI=1S/C22H30N6O2/c1-15-13-20(27-9-11-30-12-10-27)24-21(23-15)17-5-7-28(8-6-17)22(29)19-14-18(16-3-4-16)25-26(19)2/h13-14,16-17H,3-12H2,1-2H3. The number of aryl methyl sites for hydroxylation is 2. The SMILES string of the molecule is Cc1cc(N2CCOCC2)nc(C2CCN(C(=O)c3cc(C4CC4)nn3C)CC2)n1. The lowest BCUT2D eigenvalue weighted by Gasteiger charge is -2.32. The molecule has 3 aliphatic rings. The maximum atomic E-state index is 13.1. The number of nitrogens with zero attached hydrogens (tertiary/aromatic N) is 6. The molecular weight excluding hydrogens is 380 g/mol. The number of amides is 1. The predicted octanol–water partition coefficient (Wildman–Crippen LogP) is 2.25. The zero-order chi connectivity index (χ0) is 20.7. The number of ether oxygens (including phenoxy) is 1. The predicted molar refractivity (Wildman–Crippen MR) is 113 cm³/mol. The van der Waals surface area contributed by atoms with Crippen LogP contribution in [-0.4, -0.2) is 69.9 Å². The van der Waals surface area contributed by atoms with Gasteiger partial charge in [0, 0.05) is 56.8 Å². The van der Waals surface area contributed by atoms with Crippen LogP contribution in [0.5, 0.6) is 0 Å². The van der Waals surface area contributed by atoms with Crippen molar-refractivity contribution in [2.24, 2.45) is 7.05 Å². The second-order valence-electron chi connectivity index (χ2n) is 8.74. The van der Waals surface area contributed by atoms with E-state index in [0.29, 0.717) is 17.5 Å². The molecule has 2 aromatic rings. The lowest BCUT2D eigenvalue weighted by Crippen LogP contribution is -2.39. The highest BCUT2D eigenvalue weighted by Gasteiger charge is 2.31. The van der Waals surface area contributed by atoms with Gasteiger partial charge in [0.2, 0.25) is 0 Å². The van der Waals surface area contributed by atoms with Crippen molar-refractivity contribution in [1.29, 1.82) is 0 Å². The van der Waals surface area contributed by atoms with Crippen LogP contribution in [0.1, 0.15) is 65.2 Å². The molecule has 2 aromatic heterocycles. The number of hydrogen-bond acceptors (Lipinski definition) is 6. The molecule has 0 unspecified atom stereocenters. The van der Waals surface area contributed by atoms with E-state index in [1.54, 1.807) is 4.68 Å². The molecule has 1 amide bonds. The van der Waals surface area contributed by atoms with Crippen LogP contribution in [-0.2, 0) is 11.8 Å². The summed E-state index contributed by atoms with van der Waals surface area (Å²) in [4.78, 5) is 26.9. The van der Waals surface area contributed by atoms with Gasteiger partial charge in [0.15, 0.2) is 0 Å². The first kappa shape index (κ1) is 19.5. The summed E-state index contributed by atoms with van der Waals surface area (Å²) in [7, 11) is 1.87. The minimum absolute atomic E-state index is 0.0921. The van der Waals surface area contributed by atoms with Crippen molar-refractivity contribution in [1.82, 2.24) is 24.6 Å². The first-order chi connectivity index (χ1) is 14.6. The van der Waals surface area contributed by atoms with E-state index in [4.69, 9.17) is 14.7 Å². The van der Waals surface area contributed by atoms with E-state index in [1.807, 2.05) is 24.9 Å². The molecular formula is C22H30N6O2. The van der Waals surface area contributed by atoms with Crippen LogP contribution in [0.2, 0.25) is 0 Å². The Morgan fingerprint density at radius 3 is 2.43 bits per heavy atom. The number of aromatic nitrogens is 4. The molecule has 2 saturated heterocycles. The van der Waals surface area contributed by atoms with E-state index >= 15 is 0 Å². The van der Waals surface area contributed by atoms with Crippen LogP contribution in [0, 0.1) is 6.92 Å². The molecule has 5 rings (SSSR count). The zero-order valence-corrected chi connectivity index (χ0v) is 17.9. The fourth-order valence-electron chi connectivity index (χ4n) is 4.48. The van der Waals surface area contributed by atoms with Gasteiger partial charge in [-0.3, -0.25) is 9.48 Å². The van der Waals surface area contributed by atoms with Crippen molar-refractivity contribution in [3.63, 3.8) is 0 Å². The largest absolute Gasteiger partial charge is 0.378 e. The first-order valence-corrected chi connectivity index (χ1v) is 11.1. The van der Waals surface area contributed by atoms with E-state index < -0.39 is 0 Å². The van der Waals surface area contributed by atoms with Crippen LogP contribution in [0.25, 0.3) is 0 Å². The van der Waals surface area contributed by atoms with E-state index in [-0.39, 0.29) is 5.91 Å². The zero-order valence-electron chi connectivity index (χ0n) is 17.9.